The molecule has 0 aliphatic rings. The van der Waals surface area contributed by atoms with Crippen LogP contribution in [0.2, 0.25) is 0 Å². The summed E-state index contributed by atoms with van der Waals surface area (Å²) in [5.41, 5.74) is 1.50. The maximum atomic E-state index is 13.0. The molecule has 22 heavy (non-hydrogen) atoms. The van der Waals surface area contributed by atoms with Crippen LogP contribution in [0.1, 0.15) is 16.8 Å². The van der Waals surface area contributed by atoms with Gasteiger partial charge in [0.2, 0.25) is 5.91 Å². The number of carbonyl (C=O) groups is 2. The number of hydrogen-bond donors (Lipinski definition) is 1. The largest absolute Gasteiger partial charge is 0.465 e. The molecule has 1 amide bonds. The Labute approximate surface area is 135 Å². The maximum absolute atomic E-state index is 13.0. The molecule has 1 aromatic carbocycles. The predicted molar refractivity (Wildman–Crippen MR) is 85.0 cm³/mol. The number of halogens is 2. The Morgan fingerprint density at radius 2 is 2.00 bits per heavy atom. The Morgan fingerprint density at radius 1 is 1.32 bits per heavy atom. The fraction of sp³-hybridized carbons (Fsp3) is 0.200. The van der Waals surface area contributed by atoms with Crippen molar-refractivity contribution in [2.45, 2.75) is 6.42 Å². The molecule has 2 aromatic rings. The summed E-state index contributed by atoms with van der Waals surface area (Å²) in [7, 11) is 1.26. The first-order chi connectivity index (χ1) is 10.6. The van der Waals surface area contributed by atoms with E-state index >= 15 is 0 Å². The number of ether oxygens (including phenoxy) is 1. The van der Waals surface area contributed by atoms with Crippen LogP contribution in [0.5, 0.6) is 0 Å². The van der Waals surface area contributed by atoms with Gasteiger partial charge in [-0.1, -0.05) is 12.1 Å². The van der Waals surface area contributed by atoms with Crippen molar-refractivity contribution in [2.75, 3.05) is 18.3 Å². The van der Waals surface area contributed by atoms with Crippen LogP contribution in [0.3, 0.4) is 0 Å². The fourth-order valence-corrected chi connectivity index (χ4v) is 3.02. The highest BCUT2D eigenvalue weighted by Crippen LogP contribution is 2.36. The zero-order valence-corrected chi connectivity index (χ0v) is 13.3. The van der Waals surface area contributed by atoms with Gasteiger partial charge in [-0.3, -0.25) is 4.79 Å². The quantitative estimate of drug-likeness (QED) is 0.662. The summed E-state index contributed by atoms with van der Waals surface area (Å²) in [6.45, 7) is 0. The van der Waals surface area contributed by atoms with Gasteiger partial charge in [-0.05, 0) is 17.7 Å². The van der Waals surface area contributed by atoms with Crippen LogP contribution >= 0.6 is 22.9 Å². The van der Waals surface area contributed by atoms with Crippen molar-refractivity contribution < 1.29 is 18.7 Å². The van der Waals surface area contributed by atoms with Crippen LogP contribution in [-0.4, -0.2) is 24.9 Å². The van der Waals surface area contributed by atoms with Crippen LogP contribution in [-0.2, 0) is 9.53 Å². The van der Waals surface area contributed by atoms with Crippen molar-refractivity contribution in [3.8, 4) is 11.1 Å². The van der Waals surface area contributed by atoms with Gasteiger partial charge >= 0.3 is 5.97 Å². The van der Waals surface area contributed by atoms with E-state index in [-0.39, 0.29) is 29.6 Å². The number of hydrogen-bond acceptors (Lipinski definition) is 4. The van der Waals surface area contributed by atoms with Gasteiger partial charge in [-0.25, -0.2) is 9.18 Å². The van der Waals surface area contributed by atoms with Crippen LogP contribution in [0.15, 0.2) is 29.6 Å². The normalized spacial score (nSPS) is 10.3. The van der Waals surface area contributed by atoms with Crippen LogP contribution < -0.4 is 5.32 Å². The number of anilines is 1. The Bertz CT molecular complexity index is 685. The molecule has 0 radical (unpaired) electrons. The zero-order chi connectivity index (χ0) is 16.1. The average Bonchev–Trinajstić information content (AvgIpc) is 2.91. The van der Waals surface area contributed by atoms with Gasteiger partial charge in [-0.15, -0.1) is 22.9 Å². The SMILES string of the molecule is COC(=O)c1c(-c2ccc(F)cc2)csc1NC(=O)CCCl. The van der Waals surface area contributed by atoms with Crippen molar-refractivity contribution in [1.82, 2.24) is 0 Å². The summed E-state index contributed by atoms with van der Waals surface area (Å²) in [4.78, 5) is 23.7. The first-order valence-corrected chi connectivity index (χ1v) is 7.79. The molecule has 1 heterocycles. The van der Waals surface area contributed by atoms with Gasteiger partial charge in [0.1, 0.15) is 16.4 Å². The molecule has 0 aliphatic carbocycles. The lowest BCUT2D eigenvalue weighted by Gasteiger charge is -2.07. The van der Waals surface area contributed by atoms with Crippen LogP contribution in [0.4, 0.5) is 9.39 Å². The minimum absolute atomic E-state index is 0.145. The van der Waals surface area contributed by atoms with E-state index in [1.807, 2.05) is 0 Å². The number of nitrogens with one attached hydrogen (secondary N) is 1. The summed E-state index contributed by atoms with van der Waals surface area (Å²) in [6.07, 6.45) is 0.145. The summed E-state index contributed by atoms with van der Waals surface area (Å²) in [6, 6.07) is 5.74. The highest BCUT2D eigenvalue weighted by Gasteiger charge is 2.22. The number of esters is 1. The Balaban J connectivity index is 2.42. The minimum atomic E-state index is -0.568. The fourth-order valence-electron chi connectivity index (χ4n) is 1.87. The van der Waals surface area contributed by atoms with E-state index in [2.05, 4.69) is 5.32 Å². The summed E-state index contributed by atoms with van der Waals surface area (Å²) in [5, 5.41) is 4.76. The van der Waals surface area contributed by atoms with E-state index in [9.17, 15) is 14.0 Å². The maximum Gasteiger partial charge on any atom is 0.341 e. The molecule has 0 aliphatic heterocycles. The summed E-state index contributed by atoms with van der Waals surface area (Å²) >= 11 is 6.73. The van der Waals surface area contributed by atoms with Gasteiger partial charge in [0, 0.05) is 23.2 Å². The van der Waals surface area contributed by atoms with Crippen molar-refractivity contribution >= 4 is 39.8 Å². The smallest absolute Gasteiger partial charge is 0.341 e. The molecule has 4 nitrogen and oxygen atoms in total. The molecule has 0 spiro atoms. The van der Waals surface area contributed by atoms with Crippen LogP contribution in [0.25, 0.3) is 11.1 Å². The third kappa shape index (κ3) is 3.64. The van der Waals surface area contributed by atoms with Crippen molar-refractivity contribution in [1.29, 1.82) is 0 Å². The molecular weight excluding hydrogens is 329 g/mol. The Kier molecular flexibility index (Phi) is 5.51. The monoisotopic (exact) mass is 341 g/mol. The summed E-state index contributed by atoms with van der Waals surface area (Å²) in [5.74, 6) is -1.03. The van der Waals surface area contributed by atoms with Gasteiger partial charge in [0.15, 0.2) is 0 Å². The van der Waals surface area contributed by atoms with Gasteiger partial charge in [-0.2, -0.15) is 0 Å². The van der Waals surface area contributed by atoms with Gasteiger partial charge < -0.3 is 10.1 Å². The molecule has 0 saturated carbocycles. The van der Waals surface area contributed by atoms with E-state index in [1.165, 1.54) is 30.6 Å². The number of amides is 1. The number of benzene rings is 1. The number of rotatable bonds is 5. The second-order valence-corrected chi connectivity index (χ2v) is 5.60. The number of alkyl halides is 1. The standard InChI is InChI=1S/C15H13ClFNO3S/c1-21-15(20)13-11(9-2-4-10(17)5-3-9)8-22-14(13)18-12(19)6-7-16/h2-5,8H,6-7H2,1H3,(H,18,19). The van der Waals surface area contributed by atoms with E-state index in [4.69, 9.17) is 16.3 Å². The Morgan fingerprint density at radius 3 is 2.59 bits per heavy atom. The van der Waals surface area contributed by atoms with Crippen molar-refractivity contribution in [2.24, 2.45) is 0 Å². The lowest BCUT2D eigenvalue weighted by molar-refractivity contribution is -0.115. The van der Waals surface area contributed by atoms with Gasteiger partial charge in [0.25, 0.3) is 0 Å². The number of thiophene rings is 1. The molecule has 0 saturated heterocycles. The van der Waals surface area contributed by atoms with E-state index in [0.29, 0.717) is 16.1 Å². The zero-order valence-electron chi connectivity index (χ0n) is 11.7. The third-order valence-electron chi connectivity index (χ3n) is 2.91. The lowest BCUT2D eigenvalue weighted by Crippen LogP contribution is -2.14. The molecule has 0 unspecified atom stereocenters. The van der Waals surface area contributed by atoms with E-state index < -0.39 is 5.97 Å². The Hall–Kier alpha value is -1.92. The molecule has 0 bridgehead atoms. The molecule has 1 N–H and O–H groups in total. The molecule has 116 valence electrons. The van der Waals surface area contributed by atoms with Crippen LogP contribution in [0, 0.1) is 5.82 Å². The van der Waals surface area contributed by atoms with Gasteiger partial charge in [0.05, 0.1) is 7.11 Å². The van der Waals surface area contributed by atoms with Crippen molar-refractivity contribution in [3.63, 3.8) is 0 Å². The molecule has 0 atom stereocenters. The highest BCUT2D eigenvalue weighted by atomic mass is 35.5. The average molecular weight is 342 g/mol. The molecule has 0 fully saturated rings. The molecule has 1 aromatic heterocycles. The molecular formula is C15H13ClFNO3S. The minimum Gasteiger partial charge on any atom is -0.465 e. The molecule has 2 rings (SSSR count). The summed E-state index contributed by atoms with van der Waals surface area (Å²) < 4.78 is 17.8. The number of carbonyl (C=O) groups excluding carboxylic acids is 2. The highest BCUT2D eigenvalue weighted by molar-refractivity contribution is 7.15. The first-order valence-electron chi connectivity index (χ1n) is 6.38. The van der Waals surface area contributed by atoms with E-state index in [0.717, 1.165) is 0 Å². The van der Waals surface area contributed by atoms with Crippen molar-refractivity contribution in [3.05, 3.63) is 41.0 Å². The van der Waals surface area contributed by atoms with E-state index in [1.54, 1.807) is 17.5 Å². The lowest BCUT2D eigenvalue weighted by atomic mass is 10.0. The topological polar surface area (TPSA) is 55.4 Å². The second kappa shape index (κ2) is 7.38. The molecule has 7 heteroatoms. The third-order valence-corrected chi connectivity index (χ3v) is 3.99. The second-order valence-electron chi connectivity index (χ2n) is 4.34. The number of methoxy groups -OCH3 is 1. The first kappa shape index (κ1) is 16.5. The predicted octanol–water partition coefficient (Wildman–Crippen LogP) is 3.91.